The van der Waals surface area contributed by atoms with Crippen molar-refractivity contribution >= 4 is 5.57 Å². The van der Waals surface area contributed by atoms with Crippen LogP contribution in [0, 0.1) is 0 Å². The highest BCUT2D eigenvalue weighted by Gasteiger charge is 2.33. The molecule has 1 aliphatic carbocycles. The number of methoxy groups -OCH3 is 2. The van der Waals surface area contributed by atoms with E-state index >= 15 is 0 Å². The summed E-state index contributed by atoms with van der Waals surface area (Å²) >= 11 is 0. The maximum Gasteiger partial charge on any atom is 0.126 e. The van der Waals surface area contributed by atoms with Crippen LogP contribution in [0.4, 0.5) is 0 Å². The van der Waals surface area contributed by atoms with E-state index < -0.39 is 0 Å². The highest BCUT2D eigenvalue weighted by molar-refractivity contribution is 5.80. The fourth-order valence-electron chi connectivity index (χ4n) is 2.60. The molecule has 2 heteroatoms. The summed E-state index contributed by atoms with van der Waals surface area (Å²) in [5.41, 5.74) is 3.28. The van der Waals surface area contributed by atoms with Crippen LogP contribution in [-0.4, -0.2) is 19.8 Å². The van der Waals surface area contributed by atoms with E-state index in [4.69, 9.17) is 9.47 Å². The molecule has 0 saturated heterocycles. The van der Waals surface area contributed by atoms with Crippen molar-refractivity contribution in [1.29, 1.82) is 0 Å². The third kappa shape index (κ3) is 2.08. The molecule has 0 bridgehead atoms. The molecular formula is C16H20O2. The fourth-order valence-corrected chi connectivity index (χ4v) is 2.60. The molecule has 0 aliphatic heterocycles. The van der Waals surface area contributed by atoms with Crippen LogP contribution in [0.15, 0.2) is 42.0 Å². The second kappa shape index (κ2) is 4.99. The summed E-state index contributed by atoms with van der Waals surface area (Å²) in [5, 5.41) is 0. The molecule has 1 unspecified atom stereocenters. The van der Waals surface area contributed by atoms with Gasteiger partial charge in [-0.25, -0.2) is 0 Å². The van der Waals surface area contributed by atoms with Gasteiger partial charge in [0.25, 0.3) is 0 Å². The van der Waals surface area contributed by atoms with Crippen molar-refractivity contribution < 1.29 is 9.47 Å². The molecule has 96 valence electrons. The van der Waals surface area contributed by atoms with Crippen molar-refractivity contribution in [2.24, 2.45) is 0 Å². The third-order valence-corrected chi connectivity index (χ3v) is 3.63. The molecule has 0 radical (unpaired) electrons. The Bertz CT molecular complexity index is 500. The van der Waals surface area contributed by atoms with E-state index in [0.29, 0.717) is 0 Å². The molecule has 0 saturated carbocycles. The molecular weight excluding hydrogens is 224 g/mol. The second-order valence-electron chi connectivity index (χ2n) is 4.80. The Hall–Kier alpha value is -1.54. The van der Waals surface area contributed by atoms with Crippen LogP contribution in [0.2, 0.25) is 0 Å². The summed E-state index contributed by atoms with van der Waals surface area (Å²) in [6, 6.07) is 8.10. The Morgan fingerprint density at radius 2 is 1.89 bits per heavy atom. The zero-order valence-electron chi connectivity index (χ0n) is 11.5. The molecule has 2 rings (SSSR count). The molecule has 0 aromatic heterocycles. The Balaban J connectivity index is 2.62. The zero-order valence-corrected chi connectivity index (χ0v) is 11.5. The number of hydrogen-bond donors (Lipinski definition) is 0. The quantitative estimate of drug-likeness (QED) is 0.804. The third-order valence-electron chi connectivity index (χ3n) is 3.63. The first-order chi connectivity index (χ1) is 8.62. The summed E-state index contributed by atoms with van der Waals surface area (Å²) in [6.07, 6.45) is 5.20. The van der Waals surface area contributed by atoms with Gasteiger partial charge in [0, 0.05) is 12.7 Å². The maximum absolute atomic E-state index is 5.75. The first kappa shape index (κ1) is 12.9. The zero-order chi connectivity index (χ0) is 13.2. The van der Waals surface area contributed by atoms with Gasteiger partial charge in [0.05, 0.1) is 12.7 Å². The summed E-state index contributed by atoms with van der Waals surface area (Å²) in [7, 11) is 3.47. The molecule has 0 spiro atoms. The minimum absolute atomic E-state index is 0.284. The second-order valence-corrected chi connectivity index (χ2v) is 4.80. The average Bonchev–Trinajstić information content (AvgIpc) is 2.39. The summed E-state index contributed by atoms with van der Waals surface area (Å²) in [4.78, 5) is 0. The molecule has 0 N–H and O–H groups in total. The lowest BCUT2D eigenvalue weighted by Gasteiger charge is -2.34. The molecule has 18 heavy (non-hydrogen) atoms. The van der Waals surface area contributed by atoms with Crippen LogP contribution in [-0.2, 0) is 4.74 Å². The Labute approximate surface area is 109 Å². The lowest BCUT2D eigenvalue weighted by molar-refractivity contribution is 0.0590. The molecule has 0 amide bonds. The molecule has 0 fully saturated rings. The minimum atomic E-state index is -0.284. The van der Waals surface area contributed by atoms with Crippen LogP contribution in [0.5, 0.6) is 5.75 Å². The Kier molecular flexibility index (Phi) is 3.58. The van der Waals surface area contributed by atoms with Gasteiger partial charge < -0.3 is 9.47 Å². The largest absolute Gasteiger partial charge is 0.496 e. The standard InChI is InChI=1S/C16H20O2/c1-12-8-7-11-16(2,18-4)15(12)13-9-5-6-10-14(13)17-3/h5-10H,11H2,1-4H3. The van der Waals surface area contributed by atoms with Gasteiger partial charge in [0.1, 0.15) is 5.75 Å². The average molecular weight is 244 g/mol. The molecule has 2 nitrogen and oxygen atoms in total. The number of para-hydroxylation sites is 1. The lowest BCUT2D eigenvalue weighted by atomic mass is 9.80. The number of hydrogen-bond acceptors (Lipinski definition) is 2. The molecule has 0 heterocycles. The minimum Gasteiger partial charge on any atom is -0.496 e. The molecule has 1 aliphatic rings. The van der Waals surface area contributed by atoms with Gasteiger partial charge in [-0.05, 0) is 37.5 Å². The van der Waals surface area contributed by atoms with Crippen molar-refractivity contribution in [2.75, 3.05) is 14.2 Å². The van der Waals surface area contributed by atoms with Crippen LogP contribution in [0.25, 0.3) is 5.57 Å². The van der Waals surface area contributed by atoms with E-state index in [0.717, 1.165) is 17.7 Å². The van der Waals surface area contributed by atoms with E-state index in [1.807, 2.05) is 18.2 Å². The first-order valence-corrected chi connectivity index (χ1v) is 6.19. The summed E-state index contributed by atoms with van der Waals surface area (Å²) in [5.74, 6) is 0.894. The molecule has 1 atom stereocenters. The van der Waals surface area contributed by atoms with Crippen molar-refractivity contribution in [2.45, 2.75) is 25.9 Å². The van der Waals surface area contributed by atoms with Crippen molar-refractivity contribution in [3.63, 3.8) is 0 Å². The van der Waals surface area contributed by atoms with E-state index in [1.54, 1.807) is 14.2 Å². The Morgan fingerprint density at radius 3 is 2.56 bits per heavy atom. The van der Waals surface area contributed by atoms with Crippen molar-refractivity contribution in [3.05, 3.63) is 47.6 Å². The van der Waals surface area contributed by atoms with Gasteiger partial charge in [-0.15, -0.1) is 0 Å². The lowest BCUT2D eigenvalue weighted by Crippen LogP contribution is -2.31. The van der Waals surface area contributed by atoms with Gasteiger partial charge in [0.2, 0.25) is 0 Å². The van der Waals surface area contributed by atoms with Crippen LogP contribution >= 0.6 is 0 Å². The van der Waals surface area contributed by atoms with Gasteiger partial charge in [-0.1, -0.05) is 30.4 Å². The summed E-state index contributed by atoms with van der Waals surface area (Å²) in [6.45, 7) is 4.25. The van der Waals surface area contributed by atoms with E-state index in [-0.39, 0.29) is 5.60 Å². The van der Waals surface area contributed by atoms with E-state index in [2.05, 4.69) is 32.1 Å². The first-order valence-electron chi connectivity index (χ1n) is 6.19. The summed E-state index contributed by atoms with van der Waals surface area (Å²) < 4.78 is 11.2. The smallest absolute Gasteiger partial charge is 0.126 e. The van der Waals surface area contributed by atoms with Crippen molar-refractivity contribution in [1.82, 2.24) is 0 Å². The van der Waals surface area contributed by atoms with Crippen molar-refractivity contribution in [3.8, 4) is 5.75 Å². The van der Waals surface area contributed by atoms with Crippen LogP contribution < -0.4 is 4.74 Å². The van der Waals surface area contributed by atoms with Gasteiger partial charge in [0.15, 0.2) is 0 Å². The molecule has 1 aromatic rings. The fraction of sp³-hybridized carbons (Fsp3) is 0.375. The highest BCUT2D eigenvalue weighted by atomic mass is 16.5. The monoisotopic (exact) mass is 244 g/mol. The van der Waals surface area contributed by atoms with Gasteiger partial charge >= 0.3 is 0 Å². The van der Waals surface area contributed by atoms with E-state index in [9.17, 15) is 0 Å². The van der Waals surface area contributed by atoms with Crippen LogP contribution in [0.1, 0.15) is 25.8 Å². The SMILES string of the molecule is COc1ccccc1C1=C(C)C=CCC1(C)OC. The van der Waals surface area contributed by atoms with E-state index in [1.165, 1.54) is 11.1 Å². The normalized spacial score (nSPS) is 23.3. The maximum atomic E-state index is 5.75. The topological polar surface area (TPSA) is 18.5 Å². The highest BCUT2D eigenvalue weighted by Crippen LogP contribution is 2.42. The van der Waals surface area contributed by atoms with Gasteiger partial charge in [-0.2, -0.15) is 0 Å². The number of ether oxygens (including phenoxy) is 2. The number of allylic oxidation sites excluding steroid dienone is 2. The predicted molar refractivity (Wildman–Crippen MR) is 74.8 cm³/mol. The predicted octanol–water partition coefficient (Wildman–Crippen LogP) is 3.83. The Morgan fingerprint density at radius 1 is 1.17 bits per heavy atom. The number of benzene rings is 1. The molecule has 1 aromatic carbocycles. The van der Waals surface area contributed by atoms with Gasteiger partial charge in [-0.3, -0.25) is 0 Å². The number of rotatable bonds is 3. The van der Waals surface area contributed by atoms with Crippen LogP contribution in [0.3, 0.4) is 0 Å².